The van der Waals surface area contributed by atoms with Crippen molar-refractivity contribution in [2.24, 2.45) is 0 Å². The van der Waals surface area contributed by atoms with Gasteiger partial charge in [0, 0.05) is 24.7 Å². The van der Waals surface area contributed by atoms with E-state index in [0.717, 1.165) is 38.0 Å². The lowest BCUT2D eigenvalue weighted by molar-refractivity contribution is 0.163. The maximum atomic E-state index is 13.3. The lowest BCUT2D eigenvalue weighted by atomic mass is 9.98. The van der Waals surface area contributed by atoms with Crippen LogP contribution in [0.5, 0.6) is 0 Å². The molecular weight excluding hydrogens is 239 g/mol. The first-order chi connectivity index (χ1) is 9.02. The molecule has 1 aliphatic heterocycles. The van der Waals surface area contributed by atoms with Crippen LogP contribution in [0.3, 0.4) is 0 Å². The summed E-state index contributed by atoms with van der Waals surface area (Å²) in [7, 11) is 0. The van der Waals surface area contributed by atoms with Crippen molar-refractivity contribution in [3.8, 4) is 0 Å². The van der Waals surface area contributed by atoms with Crippen molar-refractivity contribution in [1.29, 1.82) is 0 Å². The molecule has 19 heavy (non-hydrogen) atoms. The molecule has 1 heterocycles. The summed E-state index contributed by atoms with van der Waals surface area (Å²) in [5, 5.41) is 3.65. The van der Waals surface area contributed by atoms with Crippen molar-refractivity contribution in [1.82, 2.24) is 10.2 Å². The standard InChI is InChI=1S/C16H25FN2/c1-4-16(3)12-19(13(2)8-9-18-16)11-14-6-5-7-15(17)10-14/h5-7,10,13,18H,4,8-9,11-12H2,1-3H3. The highest BCUT2D eigenvalue weighted by atomic mass is 19.1. The summed E-state index contributed by atoms with van der Waals surface area (Å²) in [6.45, 7) is 9.68. The quantitative estimate of drug-likeness (QED) is 0.902. The van der Waals surface area contributed by atoms with E-state index in [0.29, 0.717) is 6.04 Å². The third-order valence-electron chi connectivity index (χ3n) is 4.34. The molecule has 0 saturated carbocycles. The Bertz CT molecular complexity index is 421. The van der Waals surface area contributed by atoms with Crippen LogP contribution in [0.25, 0.3) is 0 Å². The molecule has 0 amide bonds. The van der Waals surface area contributed by atoms with E-state index in [9.17, 15) is 4.39 Å². The van der Waals surface area contributed by atoms with Crippen molar-refractivity contribution in [3.05, 3.63) is 35.6 Å². The Hall–Kier alpha value is -0.930. The molecule has 1 aromatic carbocycles. The van der Waals surface area contributed by atoms with Crippen LogP contribution in [0.4, 0.5) is 4.39 Å². The molecular formula is C16H25FN2. The van der Waals surface area contributed by atoms with Crippen molar-refractivity contribution >= 4 is 0 Å². The van der Waals surface area contributed by atoms with Gasteiger partial charge in [-0.15, -0.1) is 0 Å². The minimum absolute atomic E-state index is 0.142. The topological polar surface area (TPSA) is 15.3 Å². The van der Waals surface area contributed by atoms with Crippen LogP contribution in [-0.4, -0.2) is 29.6 Å². The highest BCUT2D eigenvalue weighted by molar-refractivity contribution is 5.16. The molecule has 2 nitrogen and oxygen atoms in total. The van der Waals surface area contributed by atoms with Gasteiger partial charge in [-0.05, 0) is 50.9 Å². The minimum atomic E-state index is -0.142. The first-order valence-electron chi connectivity index (χ1n) is 7.26. The molecule has 2 unspecified atom stereocenters. The lowest BCUT2D eigenvalue weighted by Gasteiger charge is -2.35. The van der Waals surface area contributed by atoms with E-state index in [2.05, 4.69) is 31.0 Å². The zero-order valence-corrected chi connectivity index (χ0v) is 12.2. The van der Waals surface area contributed by atoms with Gasteiger partial charge < -0.3 is 5.32 Å². The molecule has 0 aromatic heterocycles. The predicted octanol–water partition coefficient (Wildman–Crippen LogP) is 3.18. The van der Waals surface area contributed by atoms with Gasteiger partial charge in [-0.1, -0.05) is 19.1 Å². The third kappa shape index (κ3) is 3.77. The molecule has 1 aliphatic rings. The second-order valence-electron chi connectivity index (χ2n) is 6.01. The number of benzene rings is 1. The highest BCUT2D eigenvalue weighted by Gasteiger charge is 2.30. The van der Waals surface area contributed by atoms with E-state index >= 15 is 0 Å². The second kappa shape index (κ2) is 6.02. The van der Waals surface area contributed by atoms with Crippen molar-refractivity contribution in [2.45, 2.75) is 51.7 Å². The highest BCUT2D eigenvalue weighted by Crippen LogP contribution is 2.21. The smallest absolute Gasteiger partial charge is 0.123 e. The molecule has 106 valence electrons. The van der Waals surface area contributed by atoms with E-state index < -0.39 is 0 Å². The molecule has 0 radical (unpaired) electrons. The molecule has 1 N–H and O–H groups in total. The number of nitrogens with one attached hydrogen (secondary N) is 1. The summed E-state index contributed by atoms with van der Waals surface area (Å²) >= 11 is 0. The number of rotatable bonds is 3. The normalized spacial score (nSPS) is 29.2. The maximum absolute atomic E-state index is 13.3. The average molecular weight is 264 g/mol. The van der Waals surface area contributed by atoms with E-state index in [1.54, 1.807) is 12.1 Å². The van der Waals surface area contributed by atoms with Gasteiger partial charge in [-0.3, -0.25) is 4.90 Å². The van der Waals surface area contributed by atoms with Crippen LogP contribution < -0.4 is 5.32 Å². The average Bonchev–Trinajstić information content (AvgIpc) is 2.50. The Morgan fingerprint density at radius 3 is 2.95 bits per heavy atom. The molecule has 1 fully saturated rings. The Balaban J connectivity index is 2.11. The maximum Gasteiger partial charge on any atom is 0.123 e. The predicted molar refractivity (Wildman–Crippen MR) is 77.6 cm³/mol. The van der Waals surface area contributed by atoms with Crippen LogP contribution in [0, 0.1) is 5.82 Å². The lowest BCUT2D eigenvalue weighted by Crippen LogP contribution is -2.49. The number of halogens is 1. The zero-order valence-electron chi connectivity index (χ0n) is 12.2. The second-order valence-corrected chi connectivity index (χ2v) is 6.01. The molecule has 0 bridgehead atoms. The molecule has 1 aromatic rings. The fourth-order valence-electron chi connectivity index (χ4n) is 2.74. The van der Waals surface area contributed by atoms with Crippen molar-refractivity contribution in [3.63, 3.8) is 0 Å². The zero-order chi connectivity index (χ0) is 13.9. The Kier molecular flexibility index (Phi) is 4.58. The van der Waals surface area contributed by atoms with Gasteiger partial charge in [0.15, 0.2) is 0 Å². The van der Waals surface area contributed by atoms with Crippen LogP contribution in [-0.2, 0) is 6.54 Å². The van der Waals surface area contributed by atoms with E-state index in [1.807, 2.05) is 6.07 Å². The van der Waals surface area contributed by atoms with Crippen LogP contribution in [0.1, 0.15) is 39.2 Å². The minimum Gasteiger partial charge on any atom is -0.310 e. The van der Waals surface area contributed by atoms with Gasteiger partial charge in [0.25, 0.3) is 0 Å². The first kappa shape index (κ1) is 14.5. The van der Waals surface area contributed by atoms with Gasteiger partial charge in [-0.2, -0.15) is 0 Å². The number of hydrogen-bond donors (Lipinski definition) is 1. The summed E-state index contributed by atoms with van der Waals surface area (Å²) in [6.07, 6.45) is 2.25. The molecule has 3 heteroatoms. The van der Waals surface area contributed by atoms with E-state index in [-0.39, 0.29) is 11.4 Å². The van der Waals surface area contributed by atoms with Gasteiger partial charge in [0.2, 0.25) is 0 Å². The molecule has 1 saturated heterocycles. The summed E-state index contributed by atoms with van der Waals surface area (Å²) in [6, 6.07) is 7.49. The summed E-state index contributed by atoms with van der Waals surface area (Å²) in [4.78, 5) is 2.47. The van der Waals surface area contributed by atoms with Crippen molar-refractivity contribution < 1.29 is 4.39 Å². The van der Waals surface area contributed by atoms with Crippen LogP contribution in [0.2, 0.25) is 0 Å². The fourth-order valence-corrected chi connectivity index (χ4v) is 2.74. The van der Waals surface area contributed by atoms with Gasteiger partial charge in [0.05, 0.1) is 0 Å². The monoisotopic (exact) mass is 264 g/mol. The van der Waals surface area contributed by atoms with Crippen LogP contribution in [0.15, 0.2) is 24.3 Å². The Morgan fingerprint density at radius 1 is 1.47 bits per heavy atom. The number of nitrogens with zero attached hydrogens (tertiary/aromatic N) is 1. The van der Waals surface area contributed by atoms with Gasteiger partial charge in [-0.25, -0.2) is 4.39 Å². The van der Waals surface area contributed by atoms with Crippen LogP contribution >= 0.6 is 0 Å². The van der Waals surface area contributed by atoms with Gasteiger partial charge >= 0.3 is 0 Å². The summed E-state index contributed by atoms with van der Waals surface area (Å²) in [5.74, 6) is -0.142. The summed E-state index contributed by atoms with van der Waals surface area (Å²) < 4.78 is 13.3. The molecule has 0 spiro atoms. The Morgan fingerprint density at radius 2 is 2.26 bits per heavy atom. The van der Waals surface area contributed by atoms with Crippen molar-refractivity contribution in [2.75, 3.05) is 13.1 Å². The largest absolute Gasteiger partial charge is 0.310 e. The first-order valence-corrected chi connectivity index (χ1v) is 7.26. The number of hydrogen-bond acceptors (Lipinski definition) is 2. The fraction of sp³-hybridized carbons (Fsp3) is 0.625. The molecule has 0 aliphatic carbocycles. The van der Waals surface area contributed by atoms with E-state index in [4.69, 9.17) is 0 Å². The third-order valence-corrected chi connectivity index (χ3v) is 4.34. The van der Waals surface area contributed by atoms with E-state index in [1.165, 1.54) is 6.07 Å². The molecule has 2 rings (SSSR count). The summed E-state index contributed by atoms with van der Waals surface area (Å²) in [5.41, 5.74) is 1.23. The van der Waals surface area contributed by atoms with Gasteiger partial charge in [0.1, 0.15) is 5.82 Å². The Labute approximate surface area is 116 Å². The molecule has 2 atom stereocenters. The SMILES string of the molecule is CCC1(C)CN(Cc2cccc(F)c2)C(C)CCN1.